The number of pyridine rings is 2. The molecule has 0 aliphatic carbocycles. The molecule has 9 nitrogen and oxygen atoms in total. The molecule has 1 unspecified atom stereocenters. The third-order valence-corrected chi connectivity index (χ3v) is 5.72. The minimum atomic E-state index is -0.828. The summed E-state index contributed by atoms with van der Waals surface area (Å²) in [5, 5.41) is 6.77. The van der Waals surface area contributed by atoms with Crippen LogP contribution in [0.1, 0.15) is 28.0 Å². The number of aromatic nitrogens is 4. The van der Waals surface area contributed by atoms with Gasteiger partial charge in [0, 0.05) is 42.6 Å². The molecule has 5 rings (SSSR count). The molecule has 1 aliphatic heterocycles. The van der Waals surface area contributed by atoms with Crippen molar-refractivity contribution in [2.24, 2.45) is 0 Å². The van der Waals surface area contributed by atoms with Crippen LogP contribution in [-0.4, -0.2) is 44.8 Å². The van der Waals surface area contributed by atoms with Crippen molar-refractivity contribution in [1.29, 1.82) is 0 Å². The summed E-state index contributed by atoms with van der Waals surface area (Å²) in [5.74, 6) is -1.96. The van der Waals surface area contributed by atoms with E-state index in [1.165, 1.54) is 0 Å². The summed E-state index contributed by atoms with van der Waals surface area (Å²) in [4.78, 5) is 21.5. The Morgan fingerprint density at radius 1 is 1.29 bits per heavy atom. The lowest BCUT2D eigenvalue weighted by Gasteiger charge is -2.17. The Morgan fingerprint density at radius 2 is 2.14 bits per heavy atom. The van der Waals surface area contributed by atoms with E-state index in [0.29, 0.717) is 42.1 Å². The van der Waals surface area contributed by atoms with Gasteiger partial charge in [-0.05, 0) is 36.8 Å². The number of carbonyl (C=O) groups is 1. The summed E-state index contributed by atoms with van der Waals surface area (Å²) in [6.45, 7) is 2.41. The number of amides is 1. The third-order valence-electron chi connectivity index (χ3n) is 5.72. The molecule has 1 atom stereocenters. The Labute approximate surface area is 198 Å². The highest BCUT2D eigenvalue weighted by Crippen LogP contribution is 2.28. The number of aryl methyl sites for hydroxylation is 1. The maximum Gasteiger partial charge on any atom is 0.253 e. The molecule has 35 heavy (non-hydrogen) atoms. The van der Waals surface area contributed by atoms with Gasteiger partial charge in [-0.3, -0.25) is 9.78 Å². The van der Waals surface area contributed by atoms with Gasteiger partial charge in [-0.1, -0.05) is 0 Å². The number of benzene rings is 1. The molecule has 180 valence electrons. The van der Waals surface area contributed by atoms with Gasteiger partial charge in [0.1, 0.15) is 11.9 Å². The van der Waals surface area contributed by atoms with E-state index >= 15 is 0 Å². The van der Waals surface area contributed by atoms with Gasteiger partial charge in [0.2, 0.25) is 5.95 Å². The SMILES string of the molecule is Cc1ncc(-c2ccn3nc(N)nc3c2)cc1C(=O)NCc1cc(F)cc(F)c1OC1CCOC1. The second-order valence-electron chi connectivity index (χ2n) is 8.21. The predicted molar refractivity (Wildman–Crippen MR) is 123 cm³/mol. The van der Waals surface area contributed by atoms with Crippen LogP contribution in [0, 0.1) is 18.6 Å². The maximum absolute atomic E-state index is 14.5. The molecule has 0 bridgehead atoms. The Bertz CT molecular complexity index is 1420. The first kappa shape index (κ1) is 22.7. The molecule has 4 heterocycles. The van der Waals surface area contributed by atoms with Gasteiger partial charge in [0.15, 0.2) is 17.2 Å². The Balaban J connectivity index is 1.37. The zero-order chi connectivity index (χ0) is 24.5. The van der Waals surface area contributed by atoms with Gasteiger partial charge in [-0.2, -0.15) is 4.98 Å². The van der Waals surface area contributed by atoms with Crippen LogP contribution in [0.2, 0.25) is 0 Å². The zero-order valence-corrected chi connectivity index (χ0v) is 18.8. The molecule has 1 fully saturated rings. The first-order chi connectivity index (χ1) is 16.9. The van der Waals surface area contributed by atoms with Crippen molar-refractivity contribution in [3.63, 3.8) is 0 Å². The Kier molecular flexibility index (Phi) is 6.00. The Hall–Kier alpha value is -4.12. The van der Waals surface area contributed by atoms with E-state index in [1.807, 2.05) is 0 Å². The van der Waals surface area contributed by atoms with Crippen molar-refractivity contribution >= 4 is 17.5 Å². The fourth-order valence-electron chi connectivity index (χ4n) is 3.92. The summed E-state index contributed by atoms with van der Waals surface area (Å²) in [6.07, 6.45) is 3.64. The Morgan fingerprint density at radius 3 is 2.94 bits per heavy atom. The van der Waals surface area contributed by atoms with E-state index in [-0.39, 0.29) is 29.9 Å². The van der Waals surface area contributed by atoms with Crippen LogP contribution < -0.4 is 15.8 Å². The number of nitrogens with one attached hydrogen (secondary N) is 1. The number of halogens is 2. The van der Waals surface area contributed by atoms with Gasteiger partial charge in [-0.15, -0.1) is 5.10 Å². The molecule has 3 aromatic heterocycles. The van der Waals surface area contributed by atoms with Gasteiger partial charge in [0.25, 0.3) is 5.91 Å². The van der Waals surface area contributed by atoms with E-state index in [0.717, 1.165) is 17.7 Å². The van der Waals surface area contributed by atoms with E-state index in [1.54, 1.807) is 42.0 Å². The molecule has 1 amide bonds. The molecular weight excluding hydrogens is 458 g/mol. The van der Waals surface area contributed by atoms with Crippen molar-refractivity contribution in [3.8, 4) is 16.9 Å². The summed E-state index contributed by atoms with van der Waals surface area (Å²) in [5.41, 5.74) is 8.69. The number of hydrogen-bond donors (Lipinski definition) is 2. The zero-order valence-electron chi connectivity index (χ0n) is 18.8. The van der Waals surface area contributed by atoms with Crippen LogP contribution in [0.25, 0.3) is 16.8 Å². The first-order valence-corrected chi connectivity index (χ1v) is 11.0. The number of ether oxygens (including phenoxy) is 2. The fourth-order valence-corrected chi connectivity index (χ4v) is 3.92. The number of nitrogens with zero attached hydrogens (tertiary/aromatic N) is 4. The minimum Gasteiger partial charge on any atom is -0.484 e. The van der Waals surface area contributed by atoms with Gasteiger partial charge >= 0.3 is 0 Å². The van der Waals surface area contributed by atoms with Crippen LogP contribution in [-0.2, 0) is 11.3 Å². The quantitative estimate of drug-likeness (QED) is 0.436. The molecule has 0 saturated carbocycles. The number of rotatable bonds is 6. The summed E-state index contributed by atoms with van der Waals surface area (Å²) >= 11 is 0. The largest absolute Gasteiger partial charge is 0.484 e. The maximum atomic E-state index is 14.5. The predicted octanol–water partition coefficient (Wildman–Crippen LogP) is 3.06. The second-order valence-corrected chi connectivity index (χ2v) is 8.21. The van der Waals surface area contributed by atoms with Gasteiger partial charge in [0.05, 0.1) is 24.5 Å². The highest BCUT2D eigenvalue weighted by molar-refractivity contribution is 5.96. The second kappa shape index (κ2) is 9.26. The number of nitrogen functional groups attached to an aromatic ring is 1. The number of anilines is 1. The van der Waals surface area contributed by atoms with E-state index < -0.39 is 17.5 Å². The van der Waals surface area contributed by atoms with Crippen molar-refractivity contribution in [1.82, 2.24) is 24.9 Å². The third kappa shape index (κ3) is 4.76. The number of hydrogen-bond acceptors (Lipinski definition) is 7. The molecule has 0 radical (unpaired) electrons. The van der Waals surface area contributed by atoms with Crippen LogP contribution >= 0.6 is 0 Å². The van der Waals surface area contributed by atoms with E-state index in [2.05, 4.69) is 20.4 Å². The molecule has 0 spiro atoms. The molecule has 4 aromatic rings. The highest BCUT2D eigenvalue weighted by Gasteiger charge is 2.22. The number of carbonyl (C=O) groups excluding carboxylic acids is 1. The summed E-state index contributed by atoms with van der Waals surface area (Å²) < 4.78 is 40.9. The smallest absolute Gasteiger partial charge is 0.253 e. The lowest BCUT2D eigenvalue weighted by atomic mass is 10.0. The van der Waals surface area contributed by atoms with Crippen molar-refractivity contribution in [2.45, 2.75) is 26.0 Å². The number of nitrogens with two attached hydrogens (primary N) is 1. The lowest BCUT2D eigenvalue weighted by molar-refractivity contribution is 0.0948. The van der Waals surface area contributed by atoms with Crippen LogP contribution in [0.5, 0.6) is 5.75 Å². The van der Waals surface area contributed by atoms with Crippen LogP contribution in [0.3, 0.4) is 0 Å². The monoisotopic (exact) mass is 480 g/mol. The van der Waals surface area contributed by atoms with E-state index in [9.17, 15) is 13.6 Å². The average Bonchev–Trinajstić information content (AvgIpc) is 3.47. The van der Waals surface area contributed by atoms with Crippen molar-refractivity contribution in [2.75, 3.05) is 18.9 Å². The van der Waals surface area contributed by atoms with Crippen LogP contribution in [0.4, 0.5) is 14.7 Å². The fraction of sp³-hybridized carbons (Fsp3) is 0.250. The highest BCUT2D eigenvalue weighted by atomic mass is 19.1. The standard InChI is InChI=1S/C24H22F2N6O3/c1-13-19(7-15(10-28-13)14-2-4-32-21(8-14)30-24(27)31-32)23(33)29-11-16-6-17(25)9-20(26)22(16)35-18-3-5-34-12-18/h2,4,6-10,18H,3,5,11-12H2,1H3,(H2,27,31)(H,29,33). The normalized spacial score (nSPS) is 15.5. The lowest BCUT2D eigenvalue weighted by Crippen LogP contribution is -2.25. The molecule has 1 aliphatic rings. The summed E-state index contributed by atoms with van der Waals surface area (Å²) in [7, 11) is 0. The molecule has 11 heteroatoms. The molecular formula is C24H22F2N6O3. The van der Waals surface area contributed by atoms with Crippen molar-refractivity contribution in [3.05, 3.63) is 71.2 Å². The van der Waals surface area contributed by atoms with Gasteiger partial charge < -0.3 is 20.5 Å². The molecule has 3 N–H and O–H groups in total. The topological polar surface area (TPSA) is 117 Å². The summed E-state index contributed by atoms with van der Waals surface area (Å²) in [6, 6.07) is 7.19. The van der Waals surface area contributed by atoms with Crippen molar-refractivity contribution < 1.29 is 23.0 Å². The van der Waals surface area contributed by atoms with Crippen LogP contribution in [0.15, 0.2) is 42.7 Å². The minimum absolute atomic E-state index is 0.0910. The first-order valence-electron chi connectivity index (χ1n) is 11.0. The van der Waals surface area contributed by atoms with E-state index in [4.69, 9.17) is 15.2 Å². The van der Waals surface area contributed by atoms with Gasteiger partial charge in [-0.25, -0.2) is 13.3 Å². The average molecular weight is 480 g/mol. The molecule has 1 aromatic carbocycles. The number of fused-ring (bicyclic) bond motifs is 1. The molecule has 1 saturated heterocycles.